The molecule has 2 rings (SSSR count). The zero-order chi connectivity index (χ0) is 16.0. The fraction of sp³-hybridized carbons (Fsp3) is 0.571. The first-order valence-corrected chi connectivity index (χ1v) is 7.05. The van der Waals surface area contributed by atoms with Gasteiger partial charge in [0.05, 0.1) is 4.92 Å². The molecule has 21 heavy (non-hydrogen) atoms. The van der Waals surface area contributed by atoms with Gasteiger partial charge in [0.2, 0.25) is 5.15 Å². The fourth-order valence-corrected chi connectivity index (χ4v) is 3.15. The topological polar surface area (TPSA) is 85.1 Å². The maximum absolute atomic E-state index is 12.2. The third kappa shape index (κ3) is 2.48. The van der Waals surface area contributed by atoms with Crippen LogP contribution in [0.5, 0.6) is 0 Å². The van der Waals surface area contributed by atoms with Crippen LogP contribution in [0.15, 0.2) is 12.3 Å². The van der Waals surface area contributed by atoms with Gasteiger partial charge >= 0.3 is 5.69 Å². The summed E-state index contributed by atoms with van der Waals surface area (Å²) in [5.74, 6) is -0.158. The molecule has 1 amide bonds. The van der Waals surface area contributed by atoms with Gasteiger partial charge in [-0.05, 0) is 22.8 Å². The number of halogens is 1. The van der Waals surface area contributed by atoms with Gasteiger partial charge in [-0.1, -0.05) is 39.3 Å². The SMILES string of the molecule is CC1(C)C(CNC(=O)c2ccnc(Cl)c2[N+](=O)[O-])C1(C)C. The van der Waals surface area contributed by atoms with E-state index in [0.29, 0.717) is 12.5 Å². The minimum absolute atomic E-state index is 0.0590. The van der Waals surface area contributed by atoms with Crippen molar-refractivity contribution in [1.29, 1.82) is 0 Å². The van der Waals surface area contributed by atoms with Crippen LogP contribution in [-0.4, -0.2) is 22.4 Å². The van der Waals surface area contributed by atoms with Crippen molar-refractivity contribution < 1.29 is 9.72 Å². The van der Waals surface area contributed by atoms with Crippen molar-refractivity contribution >= 4 is 23.2 Å². The summed E-state index contributed by atoms with van der Waals surface area (Å²) < 4.78 is 0. The first-order chi connectivity index (χ1) is 9.60. The number of amides is 1. The molecule has 6 nitrogen and oxygen atoms in total. The van der Waals surface area contributed by atoms with Crippen LogP contribution in [-0.2, 0) is 0 Å². The molecule has 1 aliphatic rings. The maximum Gasteiger partial charge on any atom is 0.319 e. The predicted molar refractivity (Wildman–Crippen MR) is 79.3 cm³/mol. The van der Waals surface area contributed by atoms with E-state index in [1.54, 1.807) is 0 Å². The van der Waals surface area contributed by atoms with Crippen LogP contribution in [0.1, 0.15) is 38.1 Å². The molecule has 1 aliphatic carbocycles. The van der Waals surface area contributed by atoms with Crippen molar-refractivity contribution in [3.63, 3.8) is 0 Å². The maximum atomic E-state index is 12.2. The molecule has 0 bridgehead atoms. The Morgan fingerprint density at radius 2 is 2.00 bits per heavy atom. The largest absolute Gasteiger partial charge is 0.351 e. The van der Waals surface area contributed by atoms with Gasteiger partial charge in [0.15, 0.2) is 0 Å². The molecule has 114 valence electrons. The molecule has 1 aromatic heterocycles. The molecule has 0 saturated heterocycles. The van der Waals surface area contributed by atoms with Gasteiger partial charge in [-0.3, -0.25) is 14.9 Å². The van der Waals surface area contributed by atoms with Crippen LogP contribution >= 0.6 is 11.6 Å². The number of aromatic nitrogens is 1. The Morgan fingerprint density at radius 3 is 2.48 bits per heavy atom. The normalized spacial score (nSPS) is 19.1. The second-order valence-electron chi connectivity index (χ2n) is 6.46. The van der Waals surface area contributed by atoms with Gasteiger partial charge < -0.3 is 5.32 Å². The Kier molecular flexibility index (Phi) is 3.70. The lowest BCUT2D eigenvalue weighted by Crippen LogP contribution is -2.27. The Bertz CT molecular complexity index is 599. The molecular formula is C14H18ClN3O3. The van der Waals surface area contributed by atoms with E-state index in [4.69, 9.17) is 11.6 Å². The third-order valence-corrected chi connectivity index (χ3v) is 5.37. The van der Waals surface area contributed by atoms with Crippen LogP contribution in [0.4, 0.5) is 5.69 Å². The van der Waals surface area contributed by atoms with Gasteiger partial charge in [-0.25, -0.2) is 4.98 Å². The smallest absolute Gasteiger partial charge is 0.319 e. The number of carbonyl (C=O) groups is 1. The molecule has 1 N–H and O–H groups in total. The molecule has 0 atom stereocenters. The first kappa shape index (κ1) is 15.7. The molecule has 0 aromatic carbocycles. The van der Waals surface area contributed by atoms with E-state index < -0.39 is 16.5 Å². The number of nitrogens with one attached hydrogen (secondary N) is 1. The van der Waals surface area contributed by atoms with E-state index in [1.807, 2.05) is 0 Å². The number of hydrogen-bond acceptors (Lipinski definition) is 4. The summed E-state index contributed by atoms with van der Waals surface area (Å²) in [4.78, 5) is 26.1. The van der Waals surface area contributed by atoms with E-state index >= 15 is 0 Å². The van der Waals surface area contributed by atoms with Gasteiger partial charge in [0.25, 0.3) is 5.91 Å². The molecule has 1 aromatic rings. The van der Waals surface area contributed by atoms with Crippen molar-refractivity contribution in [2.75, 3.05) is 6.54 Å². The van der Waals surface area contributed by atoms with Crippen molar-refractivity contribution in [3.05, 3.63) is 33.1 Å². The predicted octanol–water partition coefficient (Wildman–Crippen LogP) is 3.06. The Labute approximate surface area is 128 Å². The van der Waals surface area contributed by atoms with Crippen molar-refractivity contribution in [3.8, 4) is 0 Å². The van der Waals surface area contributed by atoms with Crippen LogP contribution in [0.25, 0.3) is 0 Å². The first-order valence-electron chi connectivity index (χ1n) is 6.67. The summed E-state index contributed by atoms with van der Waals surface area (Å²) in [6.45, 7) is 9.08. The van der Waals surface area contributed by atoms with Crippen LogP contribution in [0.3, 0.4) is 0 Å². The van der Waals surface area contributed by atoms with Gasteiger partial charge in [0, 0.05) is 12.7 Å². The standard InChI is InChI=1S/C14H18ClN3O3/c1-13(2)9(14(13,3)4)7-17-12(19)8-5-6-16-11(15)10(8)18(20)21/h5-6,9H,7H2,1-4H3,(H,17,19). The van der Waals surface area contributed by atoms with Crippen LogP contribution in [0, 0.1) is 26.9 Å². The van der Waals surface area contributed by atoms with Gasteiger partial charge in [0.1, 0.15) is 5.56 Å². The van der Waals surface area contributed by atoms with Gasteiger partial charge in [-0.2, -0.15) is 0 Å². The molecule has 0 unspecified atom stereocenters. The van der Waals surface area contributed by atoms with Crippen molar-refractivity contribution in [2.45, 2.75) is 27.7 Å². The summed E-state index contributed by atoms with van der Waals surface area (Å²) in [6.07, 6.45) is 1.29. The lowest BCUT2D eigenvalue weighted by molar-refractivity contribution is -0.385. The Balaban J connectivity index is 2.13. The number of nitro groups is 1. The summed E-state index contributed by atoms with van der Waals surface area (Å²) in [5.41, 5.74) is -0.230. The van der Waals surface area contributed by atoms with E-state index in [0.717, 1.165) is 0 Å². The molecule has 1 fully saturated rings. The number of rotatable bonds is 4. The van der Waals surface area contributed by atoms with E-state index in [-0.39, 0.29) is 21.5 Å². The highest BCUT2D eigenvalue weighted by Gasteiger charge is 2.64. The Morgan fingerprint density at radius 1 is 1.43 bits per heavy atom. The Hall–Kier alpha value is -1.69. The van der Waals surface area contributed by atoms with Crippen LogP contribution in [0.2, 0.25) is 5.15 Å². The molecular weight excluding hydrogens is 294 g/mol. The lowest BCUT2D eigenvalue weighted by Gasteiger charge is -2.07. The monoisotopic (exact) mass is 311 g/mol. The van der Waals surface area contributed by atoms with Crippen molar-refractivity contribution in [1.82, 2.24) is 10.3 Å². The minimum atomic E-state index is -0.685. The summed E-state index contributed by atoms with van der Waals surface area (Å²) in [5, 5.41) is 13.5. The second-order valence-corrected chi connectivity index (χ2v) is 6.82. The zero-order valence-corrected chi connectivity index (χ0v) is 13.2. The highest BCUT2D eigenvalue weighted by Crippen LogP contribution is 2.67. The highest BCUT2D eigenvalue weighted by atomic mass is 35.5. The molecule has 1 heterocycles. The average molecular weight is 312 g/mol. The quantitative estimate of drug-likeness (QED) is 0.526. The summed E-state index contributed by atoms with van der Waals surface area (Å²) in [7, 11) is 0. The molecule has 0 radical (unpaired) electrons. The van der Waals surface area contributed by atoms with E-state index in [9.17, 15) is 14.9 Å². The van der Waals surface area contributed by atoms with Crippen LogP contribution < -0.4 is 5.32 Å². The molecule has 0 spiro atoms. The van der Waals surface area contributed by atoms with E-state index in [2.05, 4.69) is 38.0 Å². The third-order valence-electron chi connectivity index (χ3n) is 5.09. The summed E-state index contributed by atoms with van der Waals surface area (Å²) >= 11 is 5.70. The fourth-order valence-electron chi connectivity index (χ4n) is 2.92. The minimum Gasteiger partial charge on any atom is -0.351 e. The summed E-state index contributed by atoms with van der Waals surface area (Å²) in [6, 6.07) is 1.31. The lowest BCUT2D eigenvalue weighted by atomic mass is 10.0. The zero-order valence-electron chi connectivity index (χ0n) is 12.4. The van der Waals surface area contributed by atoms with Crippen molar-refractivity contribution in [2.24, 2.45) is 16.7 Å². The number of pyridine rings is 1. The molecule has 0 aliphatic heterocycles. The highest BCUT2D eigenvalue weighted by molar-refractivity contribution is 6.32. The number of hydrogen-bond donors (Lipinski definition) is 1. The van der Waals surface area contributed by atoms with E-state index in [1.165, 1.54) is 12.3 Å². The second kappa shape index (κ2) is 4.94. The molecule has 1 saturated carbocycles. The number of nitrogens with zero attached hydrogens (tertiary/aromatic N) is 2. The molecule has 7 heteroatoms. The number of carbonyl (C=O) groups excluding carboxylic acids is 1. The van der Waals surface area contributed by atoms with Gasteiger partial charge in [-0.15, -0.1) is 0 Å². The average Bonchev–Trinajstić information content (AvgIpc) is 2.76.